The first-order valence-electron chi connectivity index (χ1n) is 8.95. The first-order valence-corrected chi connectivity index (χ1v) is 10.7. The molecule has 2 unspecified atom stereocenters. The van der Waals surface area contributed by atoms with Crippen LogP contribution in [0.3, 0.4) is 0 Å². The van der Waals surface area contributed by atoms with Crippen molar-refractivity contribution in [3.8, 4) is 0 Å². The number of nitrogens with zero attached hydrogens (tertiary/aromatic N) is 3. The highest BCUT2D eigenvalue weighted by Crippen LogP contribution is 2.64. The van der Waals surface area contributed by atoms with Crippen LogP contribution in [0.4, 0.5) is 0 Å². The van der Waals surface area contributed by atoms with E-state index in [0.717, 1.165) is 32.1 Å². The molecule has 1 aromatic heterocycles. The molecular formula is C17H22N4O3S. The van der Waals surface area contributed by atoms with Gasteiger partial charge in [0.15, 0.2) is 9.84 Å². The van der Waals surface area contributed by atoms with E-state index in [1.165, 1.54) is 11.8 Å². The van der Waals surface area contributed by atoms with E-state index in [1.54, 1.807) is 18.7 Å². The van der Waals surface area contributed by atoms with Crippen molar-refractivity contribution in [3.63, 3.8) is 0 Å². The highest BCUT2D eigenvalue weighted by Gasteiger charge is 2.61. The molecule has 1 aromatic rings. The van der Waals surface area contributed by atoms with Gasteiger partial charge in [0, 0.05) is 5.41 Å². The van der Waals surface area contributed by atoms with Gasteiger partial charge in [-0.1, -0.05) is 0 Å². The number of aromatic nitrogens is 3. The second kappa shape index (κ2) is 4.93. The summed E-state index contributed by atoms with van der Waals surface area (Å²) in [6, 6.07) is -0.396. The highest BCUT2D eigenvalue weighted by atomic mass is 32.2. The van der Waals surface area contributed by atoms with E-state index in [0.29, 0.717) is 11.8 Å². The molecule has 5 aliphatic rings. The predicted octanol–water partition coefficient (Wildman–Crippen LogP) is 1.00. The Kier molecular flexibility index (Phi) is 3.07. The number of sulfone groups is 1. The molecule has 4 fully saturated rings. The second-order valence-corrected chi connectivity index (χ2v) is 10.5. The molecule has 4 bridgehead atoms. The minimum absolute atomic E-state index is 0.0180. The van der Waals surface area contributed by atoms with E-state index in [1.807, 2.05) is 4.68 Å². The van der Waals surface area contributed by atoms with Gasteiger partial charge in [-0.05, 0) is 56.4 Å². The number of carbonyl (C=O) groups is 1. The summed E-state index contributed by atoms with van der Waals surface area (Å²) >= 11 is 0. The Hall–Kier alpha value is -1.70. The molecule has 4 saturated carbocycles. The Morgan fingerprint density at radius 2 is 1.96 bits per heavy atom. The molecule has 4 aliphatic carbocycles. The fourth-order valence-corrected chi connectivity index (χ4v) is 7.42. The van der Waals surface area contributed by atoms with Crippen molar-refractivity contribution in [1.29, 1.82) is 0 Å². The Morgan fingerprint density at radius 3 is 2.56 bits per heavy atom. The zero-order chi connectivity index (χ0) is 17.3. The van der Waals surface area contributed by atoms with Crippen LogP contribution in [0, 0.1) is 17.3 Å². The molecule has 25 heavy (non-hydrogen) atoms. The Bertz CT molecular complexity index is 831. The molecule has 0 saturated heterocycles. The molecule has 5 atom stereocenters. The summed E-state index contributed by atoms with van der Waals surface area (Å²) in [7, 11) is -3.16. The zero-order valence-electron chi connectivity index (χ0n) is 14.0. The molecule has 1 amide bonds. The first kappa shape index (κ1) is 15.5. The quantitative estimate of drug-likeness (QED) is 0.866. The third-order valence-electron chi connectivity index (χ3n) is 6.66. The van der Waals surface area contributed by atoms with Gasteiger partial charge in [-0.25, -0.2) is 18.1 Å². The highest BCUT2D eigenvalue weighted by molar-refractivity contribution is 7.94. The molecule has 1 N–H and O–H groups in total. The van der Waals surface area contributed by atoms with Crippen molar-refractivity contribution in [2.24, 2.45) is 17.3 Å². The van der Waals surface area contributed by atoms with Crippen LogP contribution in [-0.2, 0) is 20.2 Å². The third-order valence-corrected chi connectivity index (χ3v) is 8.06. The van der Waals surface area contributed by atoms with Crippen molar-refractivity contribution in [2.75, 3.05) is 5.75 Å². The SMILES string of the molecule is O=C(N[C@@H]1C=CS(=O)(=O)C1)C12C[C@H]3C[C@@H](C1)CC(n1cncn1)(C3)C2. The average molecular weight is 362 g/mol. The third kappa shape index (κ3) is 2.37. The normalized spacial score (nSPS) is 43.4. The summed E-state index contributed by atoms with van der Waals surface area (Å²) in [4.78, 5) is 17.3. The van der Waals surface area contributed by atoms with Crippen LogP contribution in [0.15, 0.2) is 24.1 Å². The summed E-state index contributed by atoms with van der Waals surface area (Å²) in [6.45, 7) is 0. The van der Waals surface area contributed by atoms with E-state index in [4.69, 9.17) is 0 Å². The Labute approximate surface area is 146 Å². The summed E-state index contributed by atoms with van der Waals surface area (Å²) in [6.07, 6.45) is 10.9. The average Bonchev–Trinajstić information content (AvgIpc) is 3.16. The smallest absolute Gasteiger partial charge is 0.226 e. The van der Waals surface area contributed by atoms with E-state index in [2.05, 4.69) is 15.4 Å². The van der Waals surface area contributed by atoms with Crippen molar-refractivity contribution < 1.29 is 13.2 Å². The molecule has 134 valence electrons. The van der Waals surface area contributed by atoms with Gasteiger partial charge in [0.25, 0.3) is 0 Å². The monoisotopic (exact) mass is 362 g/mol. The van der Waals surface area contributed by atoms with E-state index >= 15 is 0 Å². The van der Waals surface area contributed by atoms with Crippen molar-refractivity contribution in [3.05, 3.63) is 24.1 Å². The molecule has 0 aromatic carbocycles. The van der Waals surface area contributed by atoms with Gasteiger partial charge < -0.3 is 5.32 Å². The number of carbonyl (C=O) groups excluding carboxylic acids is 1. The van der Waals surface area contributed by atoms with Crippen LogP contribution in [0.25, 0.3) is 0 Å². The fraction of sp³-hybridized carbons (Fsp3) is 0.706. The van der Waals surface area contributed by atoms with Crippen molar-refractivity contribution in [1.82, 2.24) is 20.1 Å². The maximum absolute atomic E-state index is 13.2. The van der Waals surface area contributed by atoms with Crippen LogP contribution in [0.5, 0.6) is 0 Å². The van der Waals surface area contributed by atoms with Gasteiger partial charge in [-0.15, -0.1) is 0 Å². The molecule has 0 spiro atoms. The Morgan fingerprint density at radius 1 is 1.20 bits per heavy atom. The van der Waals surface area contributed by atoms with Gasteiger partial charge in [0.1, 0.15) is 12.7 Å². The first-order chi connectivity index (χ1) is 11.9. The van der Waals surface area contributed by atoms with Crippen LogP contribution in [0.1, 0.15) is 38.5 Å². The molecule has 8 heteroatoms. The molecule has 2 heterocycles. The molecule has 6 rings (SSSR count). The summed E-state index contributed by atoms with van der Waals surface area (Å²) in [5.41, 5.74) is -0.494. The van der Waals surface area contributed by atoms with Crippen LogP contribution >= 0.6 is 0 Å². The Balaban J connectivity index is 1.43. The summed E-state index contributed by atoms with van der Waals surface area (Å²) in [5.74, 6) is 1.09. The topological polar surface area (TPSA) is 94.0 Å². The molecule has 0 radical (unpaired) electrons. The lowest BCUT2D eigenvalue weighted by molar-refractivity contribution is -0.156. The van der Waals surface area contributed by atoms with Gasteiger partial charge >= 0.3 is 0 Å². The number of hydrogen-bond donors (Lipinski definition) is 1. The number of rotatable bonds is 3. The van der Waals surface area contributed by atoms with Crippen molar-refractivity contribution in [2.45, 2.75) is 50.1 Å². The van der Waals surface area contributed by atoms with Gasteiger partial charge in [0.2, 0.25) is 5.91 Å². The molecule has 1 aliphatic heterocycles. The predicted molar refractivity (Wildman–Crippen MR) is 90.0 cm³/mol. The molecular weight excluding hydrogens is 340 g/mol. The van der Waals surface area contributed by atoms with Gasteiger partial charge in [-0.3, -0.25) is 4.79 Å². The summed E-state index contributed by atoms with van der Waals surface area (Å²) in [5, 5.41) is 8.62. The van der Waals surface area contributed by atoms with Crippen molar-refractivity contribution >= 4 is 15.7 Å². The minimum atomic E-state index is -3.16. The number of hydrogen-bond acceptors (Lipinski definition) is 5. The number of amides is 1. The lowest BCUT2D eigenvalue weighted by atomic mass is 9.46. The van der Waals surface area contributed by atoms with Gasteiger partial charge in [0.05, 0.1) is 22.7 Å². The maximum atomic E-state index is 13.2. The largest absolute Gasteiger partial charge is 0.348 e. The second-order valence-electron chi connectivity index (χ2n) is 8.54. The standard InChI is InChI=1S/C17H22N4O3S/c22-15(20-14-1-2-25(23,24)8-14)16-4-12-3-13(5-16)7-17(6-12,9-16)21-11-18-10-19-21/h1-2,10-14H,3-9H2,(H,20,22)/t12-,13+,14-,16?,17?/m1/s1. The van der Waals surface area contributed by atoms with Crippen LogP contribution in [-0.4, -0.2) is 40.9 Å². The lowest BCUT2D eigenvalue weighted by Gasteiger charge is -2.61. The van der Waals surface area contributed by atoms with Crippen LogP contribution in [0.2, 0.25) is 0 Å². The zero-order valence-corrected chi connectivity index (χ0v) is 14.8. The minimum Gasteiger partial charge on any atom is -0.348 e. The van der Waals surface area contributed by atoms with Crippen LogP contribution < -0.4 is 5.32 Å². The lowest BCUT2D eigenvalue weighted by Crippen LogP contribution is -2.61. The number of nitrogens with one attached hydrogen (secondary N) is 1. The van der Waals surface area contributed by atoms with E-state index in [9.17, 15) is 13.2 Å². The van der Waals surface area contributed by atoms with E-state index in [-0.39, 0.29) is 17.2 Å². The fourth-order valence-electron chi connectivity index (χ4n) is 6.19. The van der Waals surface area contributed by atoms with Gasteiger partial charge in [-0.2, -0.15) is 5.10 Å². The maximum Gasteiger partial charge on any atom is 0.226 e. The molecule has 7 nitrogen and oxygen atoms in total. The summed E-state index contributed by atoms with van der Waals surface area (Å²) < 4.78 is 25.2. The van der Waals surface area contributed by atoms with E-state index < -0.39 is 21.3 Å².